The van der Waals surface area contributed by atoms with E-state index in [1.807, 2.05) is 6.92 Å². The van der Waals surface area contributed by atoms with Gasteiger partial charge < -0.3 is 11.1 Å². The van der Waals surface area contributed by atoms with Crippen LogP contribution >= 0.6 is 23.8 Å². The minimum absolute atomic E-state index is 0.0330. The molecular formula is C13H17ClN2OS. The number of anilines is 1. The first-order chi connectivity index (χ1) is 8.43. The fourth-order valence-electron chi connectivity index (χ4n) is 1.43. The van der Waals surface area contributed by atoms with Gasteiger partial charge in [-0.1, -0.05) is 44.1 Å². The van der Waals surface area contributed by atoms with Gasteiger partial charge in [0.2, 0.25) is 5.91 Å². The molecule has 3 nitrogen and oxygen atoms in total. The Hall–Kier alpha value is -1.13. The molecule has 5 heteroatoms. The summed E-state index contributed by atoms with van der Waals surface area (Å²) in [4.78, 5) is 12.0. The zero-order chi connectivity index (χ0) is 13.7. The van der Waals surface area contributed by atoms with Gasteiger partial charge in [0, 0.05) is 12.0 Å². The van der Waals surface area contributed by atoms with Crippen LogP contribution in [-0.2, 0) is 4.79 Å². The van der Waals surface area contributed by atoms with E-state index >= 15 is 0 Å². The molecule has 1 atom stereocenters. The SMILES string of the molecule is CCC(C)CC(=O)Nc1ccc(C(N)=S)cc1Cl. The molecule has 0 bridgehead atoms. The minimum Gasteiger partial charge on any atom is -0.389 e. The molecule has 1 unspecified atom stereocenters. The van der Waals surface area contributed by atoms with Crippen molar-refractivity contribution in [1.82, 2.24) is 0 Å². The van der Waals surface area contributed by atoms with E-state index in [0.717, 1.165) is 6.42 Å². The van der Waals surface area contributed by atoms with E-state index in [4.69, 9.17) is 29.6 Å². The van der Waals surface area contributed by atoms with Crippen LogP contribution in [0.4, 0.5) is 5.69 Å². The normalized spacial score (nSPS) is 11.9. The number of halogens is 1. The lowest BCUT2D eigenvalue weighted by Crippen LogP contribution is -2.15. The molecule has 0 saturated heterocycles. The number of benzene rings is 1. The average Bonchev–Trinajstić information content (AvgIpc) is 2.31. The van der Waals surface area contributed by atoms with E-state index in [2.05, 4.69) is 12.2 Å². The van der Waals surface area contributed by atoms with Gasteiger partial charge in [0.25, 0.3) is 0 Å². The number of nitrogens with one attached hydrogen (secondary N) is 1. The Balaban J connectivity index is 2.74. The largest absolute Gasteiger partial charge is 0.389 e. The molecule has 0 heterocycles. The van der Waals surface area contributed by atoms with Gasteiger partial charge in [0.05, 0.1) is 10.7 Å². The highest BCUT2D eigenvalue weighted by molar-refractivity contribution is 7.80. The Kier molecular flexibility index (Phi) is 5.56. The first-order valence-electron chi connectivity index (χ1n) is 5.83. The number of nitrogens with two attached hydrogens (primary N) is 1. The Bertz CT molecular complexity index is 462. The van der Waals surface area contributed by atoms with E-state index in [0.29, 0.717) is 28.6 Å². The summed E-state index contributed by atoms with van der Waals surface area (Å²) in [5.41, 5.74) is 6.78. The Morgan fingerprint density at radius 1 is 1.56 bits per heavy atom. The molecule has 98 valence electrons. The van der Waals surface area contributed by atoms with Crippen molar-refractivity contribution in [3.63, 3.8) is 0 Å². The van der Waals surface area contributed by atoms with Gasteiger partial charge in [-0.3, -0.25) is 4.79 Å². The summed E-state index contributed by atoms with van der Waals surface area (Å²) in [5.74, 6) is 0.328. The molecule has 0 radical (unpaired) electrons. The van der Waals surface area contributed by atoms with E-state index in [1.165, 1.54) is 0 Å². The van der Waals surface area contributed by atoms with E-state index < -0.39 is 0 Å². The summed E-state index contributed by atoms with van der Waals surface area (Å²) < 4.78 is 0. The average molecular weight is 285 g/mol. The first-order valence-corrected chi connectivity index (χ1v) is 6.61. The smallest absolute Gasteiger partial charge is 0.224 e. The third kappa shape index (κ3) is 4.27. The Labute approximate surface area is 118 Å². The summed E-state index contributed by atoms with van der Waals surface area (Å²) >= 11 is 10.9. The number of hydrogen-bond donors (Lipinski definition) is 2. The fourth-order valence-corrected chi connectivity index (χ4v) is 1.79. The molecule has 3 N–H and O–H groups in total. The van der Waals surface area contributed by atoms with Crippen molar-refractivity contribution in [3.05, 3.63) is 28.8 Å². The van der Waals surface area contributed by atoms with Crippen molar-refractivity contribution in [2.24, 2.45) is 11.7 Å². The molecule has 1 aromatic rings. The third-order valence-electron chi connectivity index (χ3n) is 2.76. The maximum absolute atomic E-state index is 11.7. The van der Waals surface area contributed by atoms with Crippen LogP contribution in [0.1, 0.15) is 32.3 Å². The highest BCUT2D eigenvalue weighted by Gasteiger charge is 2.10. The van der Waals surface area contributed by atoms with Crippen molar-refractivity contribution in [2.75, 3.05) is 5.32 Å². The van der Waals surface area contributed by atoms with Gasteiger partial charge >= 0.3 is 0 Å². The van der Waals surface area contributed by atoms with Gasteiger partial charge in [-0.2, -0.15) is 0 Å². The molecular weight excluding hydrogens is 268 g/mol. The summed E-state index contributed by atoms with van der Waals surface area (Å²) in [5, 5.41) is 3.23. The number of hydrogen-bond acceptors (Lipinski definition) is 2. The number of rotatable bonds is 5. The maximum Gasteiger partial charge on any atom is 0.224 e. The molecule has 0 aliphatic rings. The Morgan fingerprint density at radius 2 is 2.22 bits per heavy atom. The minimum atomic E-state index is -0.0330. The fraction of sp³-hybridized carbons (Fsp3) is 0.385. The van der Waals surface area contributed by atoms with Crippen LogP contribution in [0, 0.1) is 5.92 Å². The number of thiocarbonyl (C=S) groups is 1. The third-order valence-corrected chi connectivity index (χ3v) is 3.31. The molecule has 1 aromatic carbocycles. The zero-order valence-electron chi connectivity index (χ0n) is 10.5. The standard InChI is InChI=1S/C13H17ClN2OS/c1-3-8(2)6-12(17)16-11-5-4-9(13(15)18)7-10(11)14/h4-5,7-8H,3,6H2,1-2H3,(H2,15,18)(H,16,17). The number of carbonyl (C=O) groups is 1. The zero-order valence-corrected chi connectivity index (χ0v) is 12.1. The molecule has 1 amide bonds. The van der Waals surface area contributed by atoms with E-state index in [1.54, 1.807) is 18.2 Å². The van der Waals surface area contributed by atoms with Crippen LogP contribution in [0.3, 0.4) is 0 Å². The predicted molar refractivity (Wildman–Crippen MR) is 80.0 cm³/mol. The van der Waals surface area contributed by atoms with Gasteiger partial charge in [-0.25, -0.2) is 0 Å². The summed E-state index contributed by atoms with van der Waals surface area (Å²) in [6, 6.07) is 5.11. The van der Waals surface area contributed by atoms with Crippen molar-refractivity contribution < 1.29 is 4.79 Å². The molecule has 0 saturated carbocycles. The van der Waals surface area contributed by atoms with Crippen LogP contribution in [-0.4, -0.2) is 10.9 Å². The highest BCUT2D eigenvalue weighted by Crippen LogP contribution is 2.23. The predicted octanol–water partition coefficient (Wildman–Crippen LogP) is 3.35. The second-order valence-electron chi connectivity index (χ2n) is 4.32. The molecule has 0 fully saturated rings. The number of carbonyl (C=O) groups excluding carboxylic acids is 1. The second kappa shape index (κ2) is 6.71. The second-order valence-corrected chi connectivity index (χ2v) is 5.17. The van der Waals surface area contributed by atoms with Crippen LogP contribution in [0.5, 0.6) is 0 Å². The van der Waals surface area contributed by atoms with Crippen LogP contribution in [0.15, 0.2) is 18.2 Å². The molecule has 0 spiro atoms. The lowest BCUT2D eigenvalue weighted by molar-refractivity contribution is -0.117. The highest BCUT2D eigenvalue weighted by atomic mass is 35.5. The summed E-state index contributed by atoms with van der Waals surface area (Å²) in [7, 11) is 0. The van der Waals surface area contributed by atoms with Crippen LogP contribution < -0.4 is 11.1 Å². The Morgan fingerprint density at radius 3 is 2.72 bits per heavy atom. The lowest BCUT2D eigenvalue weighted by Gasteiger charge is -2.11. The van der Waals surface area contributed by atoms with Crippen molar-refractivity contribution in [1.29, 1.82) is 0 Å². The van der Waals surface area contributed by atoms with E-state index in [9.17, 15) is 4.79 Å². The monoisotopic (exact) mass is 284 g/mol. The topological polar surface area (TPSA) is 55.1 Å². The maximum atomic E-state index is 11.7. The molecule has 0 aromatic heterocycles. The van der Waals surface area contributed by atoms with Crippen LogP contribution in [0.2, 0.25) is 5.02 Å². The molecule has 18 heavy (non-hydrogen) atoms. The summed E-state index contributed by atoms with van der Waals surface area (Å²) in [6.45, 7) is 4.10. The summed E-state index contributed by atoms with van der Waals surface area (Å²) in [6.07, 6.45) is 1.46. The number of amides is 1. The lowest BCUT2D eigenvalue weighted by atomic mass is 10.0. The first kappa shape index (κ1) is 14.9. The van der Waals surface area contributed by atoms with Gasteiger partial charge in [0.15, 0.2) is 0 Å². The van der Waals surface area contributed by atoms with Crippen molar-refractivity contribution in [3.8, 4) is 0 Å². The molecule has 1 rings (SSSR count). The van der Waals surface area contributed by atoms with Crippen LogP contribution in [0.25, 0.3) is 0 Å². The quantitative estimate of drug-likeness (QED) is 0.815. The van der Waals surface area contributed by atoms with Crippen molar-refractivity contribution >= 4 is 40.4 Å². The molecule has 0 aliphatic heterocycles. The van der Waals surface area contributed by atoms with Crippen molar-refractivity contribution in [2.45, 2.75) is 26.7 Å². The molecule has 0 aliphatic carbocycles. The van der Waals surface area contributed by atoms with Gasteiger partial charge in [0.1, 0.15) is 4.99 Å². The van der Waals surface area contributed by atoms with E-state index in [-0.39, 0.29) is 10.9 Å². The van der Waals surface area contributed by atoms with Gasteiger partial charge in [-0.05, 0) is 24.1 Å². The van der Waals surface area contributed by atoms with Gasteiger partial charge in [-0.15, -0.1) is 0 Å².